The molecule has 0 saturated carbocycles. The highest BCUT2D eigenvalue weighted by molar-refractivity contribution is 6.07. The molecule has 0 aliphatic rings. The van der Waals surface area contributed by atoms with E-state index >= 15 is 0 Å². The fourth-order valence-electron chi connectivity index (χ4n) is 2.90. The summed E-state index contributed by atoms with van der Waals surface area (Å²) in [5, 5.41) is 19.6. The molecule has 3 rings (SSSR count). The van der Waals surface area contributed by atoms with Crippen LogP contribution >= 0.6 is 0 Å². The molecule has 9 nitrogen and oxygen atoms in total. The van der Waals surface area contributed by atoms with E-state index in [1.54, 1.807) is 19.1 Å². The first-order valence-electron chi connectivity index (χ1n) is 9.32. The van der Waals surface area contributed by atoms with Gasteiger partial charge in [0, 0.05) is 11.3 Å². The summed E-state index contributed by atoms with van der Waals surface area (Å²) in [6.45, 7) is 1.57. The van der Waals surface area contributed by atoms with Gasteiger partial charge < -0.3 is 10.1 Å². The Morgan fingerprint density at radius 2 is 1.81 bits per heavy atom. The summed E-state index contributed by atoms with van der Waals surface area (Å²) in [4.78, 5) is 35.2. The van der Waals surface area contributed by atoms with Gasteiger partial charge in [-0.25, -0.2) is 5.43 Å². The summed E-state index contributed by atoms with van der Waals surface area (Å²) in [7, 11) is 1.39. The smallest absolute Gasteiger partial charge is 0.296 e. The lowest BCUT2D eigenvalue weighted by Crippen LogP contribution is -2.21. The van der Waals surface area contributed by atoms with Crippen molar-refractivity contribution in [2.75, 3.05) is 12.4 Å². The number of rotatable bonds is 7. The Balaban J connectivity index is 1.62. The summed E-state index contributed by atoms with van der Waals surface area (Å²) in [5.41, 5.74) is 2.96. The summed E-state index contributed by atoms with van der Waals surface area (Å²) in [6.07, 6.45) is -0.152. The van der Waals surface area contributed by atoms with Crippen molar-refractivity contribution in [2.24, 2.45) is 5.10 Å². The van der Waals surface area contributed by atoms with Crippen LogP contribution in [0.5, 0.6) is 5.75 Å². The topological polar surface area (TPSA) is 123 Å². The van der Waals surface area contributed by atoms with E-state index in [4.69, 9.17) is 4.74 Å². The fourth-order valence-corrected chi connectivity index (χ4v) is 2.90. The summed E-state index contributed by atoms with van der Waals surface area (Å²) in [5.74, 6) is -0.607. The molecule has 0 aliphatic heterocycles. The van der Waals surface area contributed by atoms with Gasteiger partial charge in [-0.05, 0) is 42.0 Å². The normalized spacial score (nSPS) is 11.1. The standard InChI is InChI=1S/C22H20N4O5/c1-14(11-21(27)23-19-10-9-18(31-2)13-20(19)26(29)30)24-25-22(28)17-8-7-15-5-3-4-6-16(15)12-17/h3-10,12-13H,11H2,1-2H3,(H,23,27)(H,25,28). The minimum atomic E-state index is -0.608. The molecule has 3 aromatic rings. The van der Waals surface area contributed by atoms with Crippen LogP contribution in [0.15, 0.2) is 65.8 Å². The summed E-state index contributed by atoms with van der Waals surface area (Å²) >= 11 is 0. The molecular weight excluding hydrogens is 400 g/mol. The number of benzene rings is 3. The second-order valence-corrected chi connectivity index (χ2v) is 6.72. The molecule has 9 heteroatoms. The number of nitro benzene ring substituents is 1. The van der Waals surface area contributed by atoms with Gasteiger partial charge in [-0.15, -0.1) is 0 Å². The second kappa shape index (κ2) is 9.49. The zero-order valence-corrected chi connectivity index (χ0v) is 16.9. The zero-order chi connectivity index (χ0) is 22.4. The molecule has 0 unspecified atom stereocenters. The zero-order valence-electron chi connectivity index (χ0n) is 16.9. The highest BCUT2D eigenvalue weighted by Gasteiger charge is 2.17. The Morgan fingerprint density at radius 1 is 1.06 bits per heavy atom. The summed E-state index contributed by atoms with van der Waals surface area (Å²) < 4.78 is 4.97. The third-order valence-corrected chi connectivity index (χ3v) is 4.45. The van der Waals surface area contributed by atoms with Crippen molar-refractivity contribution in [1.29, 1.82) is 0 Å². The number of nitro groups is 1. The van der Waals surface area contributed by atoms with Crippen LogP contribution in [0.25, 0.3) is 10.8 Å². The molecule has 0 aliphatic carbocycles. The molecule has 0 heterocycles. The first-order valence-corrected chi connectivity index (χ1v) is 9.32. The van der Waals surface area contributed by atoms with Gasteiger partial charge in [0.2, 0.25) is 5.91 Å². The van der Waals surface area contributed by atoms with Gasteiger partial charge >= 0.3 is 0 Å². The molecular formula is C22H20N4O5. The molecule has 0 spiro atoms. The van der Waals surface area contributed by atoms with E-state index in [2.05, 4.69) is 15.8 Å². The number of fused-ring (bicyclic) bond motifs is 1. The van der Waals surface area contributed by atoms with E-state index in [9.17, 15) is 19.7 Å². The highest BCUT2D eigenvalue weighted by Crippen LogP contribution is 2.29. The molecule has 0 atom stereocenters. The van der Waals surface area contributed by atoms with E-state index in [-0.39, 0.29) is 17.8 Å². The molecule has 0 aromatic heterocycles. The Morgan fingerprint density at radius 3 is 2.52 bits per heavy atom. The number of methoxy groups -OCH3 is 1. The molecule has 2 N–H and O–H groups in total. The highest BCUT2D eigenvalue weighted by atomic mass is 16.6. The van der Waals surface area contributed by atoms with Gasteiger partial charge in [-0.3, -0.25) is 19.7 Å². The SMILES string of the molecule is COc1ccc(NC(=O)CC(C)=NNC(=O)c2ccc3ccccc3c2)c([N+](=O)[O-])c1. The van der Waals surface area contributed by atoms with Crippen LogP contribution in [-0.2, 0) is 4.79 Å². The van der Waals surface area contributed by atoms with E-state index < -0.39 is 16.7 Å². The Hall–Kier alpha value is -4.27. The predicted octanol–water partition coefficient (Wildman–Crippen LogP) is 3.89. The fraction of sp³-hybridized carbons (Fsp3) is 0.136. The van der Waals surface area contributed by atoms with Crippen molar-refractivity contribution in [1.82, 2.24) is 5.43 Å². The maximum atomic E-state index is 12.3. The maximum absolute atomic E-state index is 12.3. The van der Waals surface area contributed by atoms with Crippen molar-refractivity contribution >= 4 is 39.7 Å². The van der Waals surface area contributed by atoms with Crippen LogP contribution in [0, 0.1) is 10.1 Å². The lowest BCUT2D eigenvalue weighted by atomic mass is 10.1. The van der Waals surface area contributed by atoms with Crippen molar-refractivity contribution in [2.45, 2.75) is 13.3 Å². The number of carbonyl (C=O) groups is 2. The van der Waals surface area contributed by atoms with Crippen LogP contribution in [0.1, 0.15) is 23.7 Å². The second-order valence-electron chi connectivity index (χ2n) is 6.72. The molecule has 0 fully saturated rings. The van der Waals surface area contributed by atoms with Crippen LogP contribution in [0.3, 0.4) is 0 Å². The quantitative estimate of drug-likeness (QED) is 0.341. The predicted molar refractivity (Wildman–Crippen MR) is 117 cm³/mol. The van der Waals surface area contributed by atoms with Gasteiger partial charge in [0.05, 0.1) is 24.5 Å². The van der Waals surface area contributed by atoms with Crippen LogP contribution in [0.2, 0.25) is 0 Å². The first-order chi connectivity index (χ1) is 14.9. The minimum Gasteiger partial charge on any atom is -0.496 e. The lowest BCUT2D eigenvalue weighted by Gasteiger charge is -2.08. The number of anilines is 1. The number of amides is 2. The number of nitrogens with one attached hydrogen (secondary N) is 2. The molecule has 0 radical (unpaired) electrons. The van der Waals surface area contributed by atoms with Crippen molar-refractivity contribution in [3.05, 3.63) is 76.3 Å². The molecule has 0 saturated heterocycles. The number of hydrazone groups is 1. The lowest BCUT2D eigenvalue weighted by molar-refractivity contribution is -0.384. The van der Waals surface area contributed by atoms with Crippen LogP contribution in [-0.4, -0.2) is 29.6 Å². The maximum Gasteiger partial charge on any atom is 0.296 e. The van der Waals surface area contributed by atoms with Crippen molar-refractivity contribution < 1.29 is 19.2 Å². The monoisotopic (exact) mass is 420 g/mol. The number of nitrogens with zero attached hydrogens (tertiary/aromatic N) is 2. The van der Waals surface area contributed by atoms with Crippen LogP contribution < -0.4 is 15.5 Å². The molecule has 31 heavy (non-hydrogen) atoms. The Kier molecular flexibility index (Phi) is 6.56. The molecule has 3 aromatic carbocycles. The van der Waals surface area contributed by atoms with E-state index in [0.717, 1.165) is 10.8 Å². The van der Waals surface area contributed by atoms with Crippen LogP contribution in [0.4, 0.5) is 11.4 Å². The van der Waals surface area contributed by atoms with Gasteiger partial charge in [0.1, 0.15) is 11.4 Å². The van der Waals surface area contributed by atoms with Gasteiger partial charge in [0.15, 0.2) is 0 Å². The average Bonchev–Trinajstić information content (AvgIpc) is 2.77. The molecule has 0 bridgehead atoms. The van der Waals surface area contributed by atoms with Crippen molar-refractivity contribution in [3.8, 4) is 5.75 Å². The van der Waals surface area contributed by atoms with Gasteiger partial charge in [-0.1, -0.05) is 30.3 Å². The van der Waals surface area contributed by atoms with E-state index in [1.807, 2.05) is 30.3 Å². The first kappa shape index (κ1) is 21.4. The number of carbonyl (C=O) groups excluding carboxylic acids is 2. The van der Waals surface area contributed by atoms with E-state index in [1.165, 1.54) is 25.3 Å². The largest absolute Gasteiger partial charge is 0.496 e. The van der Waals surface area contributed by atoms with Crippen molar-refractivity contribution in [3.63, 3.8) is 0 Å². The Labute approximate surface area is 177 Å². The minimum absolute atomic E-state index is 0.0452. The van der Waals surface area contributed by atoms with E-state index in [0.29, 0.717) is 17.0 Å². The molecule has 158 valence electrons. The third-order valence-electron chi connectivity index (χ3n) is 4.45. The average molecular weight is 420 g/mol. The number of hydrogen-bond acceptors (Lipinski definition) is 6. The third kappa shape index (κ3) is 5.41. The molecule has 2 amide bonds. The Bertz CT molecular complexity index is 1190. The number of hydrogen-bond donors (Lipinski definition) is 2. The summed E-state index contributed by atoms with van der Waals surface area (Å²) in [6, 6.07) is 17.1. The van der Waals surface area contributed by atoms with Gasteiger partial charge in [-0.2, -0.15) is 5.10 Å². The number of ether oxygens (including phenoxy) is 1. The van der Waals surface area contributed by atoms with Gasteiger partial charge in [0.25, 0.3) is 11.6 Å².